The highest BCUT2D eigenvalue weighted by atomic mass is 32.2. The molecule has 27 heavy (non-hydrogen) atoms. The van der Waals surface area contributed by atoms with Crippen LogP contribution in [0.2, 0.25) is 0 Å². The summed E-state index contributed by atoms with van der Waals surface area (Å²) in [5.41, 5.74) is 2.03. The average molecular weight is 422 g/mol. The molecule has 0 saturated carbocycles. The summed E-state index contributed by atoms with van der Waals surface area (Å²) in [4.78, 5) is 0.989. The lowest BCUT2D eigenvalue weighted by Gasteiger charge is -2.36. The maximum atomic E-state index is 13.3. The van der Waals surface area contributed by atoms with Gasteiger partial charge in [-0.25, -0.2) is 8.42 Å². The number of benzene rings is 1. The first-order chi connectivity index (χ1) is 13.1. The molecule has 1 aromatic carbocycles. The Bertz CT molecular complexity index is 1030. The SMILES string of the molecule is COc1cc2c(cc1OC)C(c1cccs1)N(S(=O)(=O)c1cccs1)CC2. The molecule has 5 nitrogen and oxygen atoms in total. The van der Waals surface area contributed by atoms with Crippen LogP contribution in [0.3, 0.4) is 0 Å². The first kappa shape index (κ1) is 18.5. The molecule has 142 valence electrons. The summed E-state index contributed by atoms with van der Waals surface area (Å²) in [6.45, 7) is 0.422. The minimum atomic E-state index is -3.59. The maximum Gasteiger partial charge on any atom is 0.253 e. The van der Waals surface area contributed by atoms with Gasteiger partial charge >= 0.3 is 0 Å². The number of hydrogen-bond donors (Lipinski definition) is 0. The van der Waals surface area contributed by atoms with Crippen molar-refractivity contribution < 1.29 is 17.9 Å². The molecule has 1 aliphatic heterocycles. The highest BCUT2D eigenvalue weighted by Gasteiger charge is 2.39. The lowest BCUT2D eigenvalue weighted by molar-refractivity contribution is 0.334. The third-order valence-corrected chi connectivity index (χ3v) is 8.86. The van der Waals surface area contributed by atoms with Gasteiger partial charge in [-0.2, -0.15) is 4.31 Å². The molecular weight excluding hydrogens is 402 g/mol. The second-order valence-corrected chi connectivity index (χ2v) is 10.2. The number of hydrogen-bond acceptors (Lipinski definition) is 6. The molecule has 0 amide bonds. The molecular formula is C19H19NO4S3. The highest BCUT2D eigenvalue weighted by molar-refractivity contribution is 7.91. The normalized spacial score (nSPS) is 17.5. The van der Waals surface area contributed by atoms with Crippen molar-refractivity contribution in [3.8, 4) is 11.5 Å². The molecule has 3 aromatic rings. The Morgan fingerprint density at radius 1 is 1.04 bits per heavy atom. The van der Waals surface area contributed by atoms with E-state index in [1.165, 1.54) is 11.3 Å². The van der Waals surface area contributed by atoms with E-state index in [4.69, 9.17) is 9.47 Å². The number of methoxy groups -OCH3 is 2. The molecule has 3 heterocycles. The zero-order chi connectivity index (χ0) is 19.0. The molecule has 8 heteroatoms. The van der Waals surface area contributed by atoms with Crippen LogP contribution in [0.15, 0.2) is 51.4 Å². The molecule has 0 fully saturated rings. The van der Waals surface area contributed by atoms with E-state index in [9.17, 15) is 8.42 Å². The first-order valence-corrected chi connectivity index (χ1v) is 11.6. The van der Waals surface area contributed by atoms with Crippen molar-refractivity contribution in [2.75, 3.05) is 20.8 Å². The minimum absolute atomic E-state index is 0.369. The summed E-state index contributed by atoms with van der Waals surface area (Å²) >= 11 is 2.81. The number of rotatable bonds is 5. The number of sulfonamides is 1. The van der Waals surface area contributed by atoms with E-state index in [1.807, 2.05) is 29.6 Å². The zero-order valence-electron chi connectivity index (χ0n) is 14.9. The number of ether oxygens (including phenoxy) is 2. The van der Waals surface area contributed by atoms with Crippen molar-refractivity contribution in [2.24, 2.45) is 0 Å². The van der Waals surface area contributed by atoms with Gasteiger partial charge in [0.25, 0.3) is 10.0 Å². The van der Waals surface area contributed by atoms with Crippen molar-refractivity contribution in [1.82, 2.24) is 4.31 Å². The lowest BCUT2D eigenvalue weighted by atomic mass is 9.92. The number of nitrogens with zero attached hydrogens (tertiary/aromatic N) is 1. The van der Waals surface area contributed by atoms with Gasteiger partial charge in [0.05, 0.1) is 20.3 Å². The van der Waals surface area contributed by atoms with Gasteiger partial charge in [0.1, 0.15) is 4.21 Å². The molecule has 1 aliphatic rings. The van der Waals surface area contributed by atoms with Crippen LogP contribution in [0, 0.1) is 0 Å². The zero-order valence-corrected chi connectivity index (χ0v) is 17.4. The topological polar surface area (TPSA) is 55.8 Å². The second-order valence-electron chi connectivity index (χ2n) is 6.12. The van der Waals surface area contributed by atoms with Gasteiger partial charge in [0.15, 0.2) is 11.5 Å². The van der Waals surface area contributed by atoms with Crippen LogP contribution in [-0.2, 0) is 16.4 Å². The van der Waals surface area contributed by atoms with E-state index in [1.54, 1.807) is 47.4 Å². The molecule has 1 unspecified atom stereocenters. The van der Waals surface area contributed by atoms with Gasteiger partial charge in [0, 0.05) is 11.4 Å². The van der Waals surface area contributed by atoms with Crippen molar-refractivity contribution in [1.29, 1.82) is 0 Å². The van der Waals surface area contributed by atoms with Gasteiger partial charge in [-0.3, -0.25) is 0 Å². The Labute approximate surface area is 166 Å². The van der Waals surface area contributed by atoms with Gasteiger partial charge < -0.3 is 9.47 Å². The van der Waals surface area contributed by atoms with E-state index >= 15 is 0 Å². The minimum Gasteiger partial charge on any atom is -0.493 e. The summed E-state index contributed by atoms with van der Waals surface area (Å²) in [6.07, 6.45) is 0.627. The fourth-order valence-corrected chi connectivity index (χ4v) is 7.08. The molecule has 2 aromatic heterocycles. The third kappa shape index (κ3) is 3.16. The predicted octanol–water partition coefficient (Wildman–Crippen LogP) is 4.16. The molecule has 0 radical (unpaired) electrons. The van der Waals surface area contributed by atoms with Gasteiger partial charge in [-0.1, -0.05) is 12.1 Å². The van der Waals surface area contributed by atoms with Crippen molar-refractivity contribution in [2.45, 2.75) is 16.7 Å². The quantitative estimate of drug-likeness (QED) is 0.621. The lowest BCUT2D eigenvalue weighted by Crippen LogP contribution is -2.40. The summed E-state index contributed by atoms with van der Waals surface area (Å²) in [5, 5.41) is 3.76. The van der Waals surface area contributed by atoms with Crippen LogP contribution in [0.4, 0.5) is 0 Å². The highest BCUT2D eigenvalue weighted by Crippen LogP contribution is 2.44. The van der Waals surface area contributed by atoms with Crippen molar-refractivity contribution in [3.63, 3.8) is 0 Å². The molecule has 0 saturated heterocycles. The van der Waals surface area contributed by atoms with Gasteiger partial charge in [-0.05, 0) is 52.6 Å². The van der Waals surface area contributed by atoms with E-state index in [2.05, 4.69) is 0 Å². The second kappa shape index (κ2) is 7.27. The van der Waals surface area contributed by atoms with Crippen LogP contribution >= 0.6 is 22.7 Å². The molecule has 0 spiro atoms. The monoisotopic (exact) mass is 421 g/mol. The third-order valence-electron chi connectivity index (χ3n) is 4.70. The number of fused-ring (bicyclic) bond motifs is 1. The van der Waals surface area contributed by atoms with E-state index < -0.39 is 10.0 Å². The Balaban J connectivity index is 1.89. The average Bonchev–Trinajstić information content (AvgIpc) is 3.39. The predicted molar refractivity (Wildman–Crippen MR) is 108 cm³/mol. The van der Waals surface area contributed by atoms with Crippen LogP contribution < -0.4 is 9.47 Å². The van der Waals surface area contributed by atoms with Crippen LogP contribution in [0.5, 0.6) is 11.5 Å². The van der Waals surface area contributed by atoms with E-state index in [0.29, 0.717) is 28.7 Å². The molecule has 4 rings (SSSR count). The van der Waals surface area contributed by atoms with Crippen LogP contribution in [0.1, 0.15) is 22.0 Å². The first-order valence-electron chi connectivity index (χ1n) is 8.40. The Hall–Kier alpha value is -1.87. The molecule has 1 atom stereocenters. The maximum absolute atomic E-state index is 13.3. The summed E-state index contributed by atoms with van der Waals surface area (Å²) in [7, 11) is -0.386. The van der Waals surface area contributed by atoms with Crippen molar-refractivity contribution in [3.05, 3.63) is 63.2 Å². The Kier molecular flexibility index (Phi) is 4.98. The van der Waals surface area contributed by atoms with Crippen molar-refractivity contribution >= 4 is 32.7 Å². The summed E-state index contributed by atoms with van der Waals surface area (Å²) in [5.74, 6) is 1.27. The fraction of sp³-hybridized carbons (Fsp3) is 0.263. The van der Waals surface area contributed by atoms with Gasteiger partial charge in [-0.15, -0.1) is 22.7 Å². The van der Waals surface area contributed by atoms with Gasteiger partial charge in [0.2, 0.25) is 0 Å². The Morgan fingerprint density at radius 2 is 1.74 bits per heavy atom. The smallest absolute Gasteiger partial charge is 0.253 e. The number of thiophene rings is 2. The van der Waals surface area contributed by atoms with Crippen LogP contribution in [0.25, 0.3) is 0 Å². The fourth-order valence-electron chi connectivity index (χ4n) is 3.45. The Morgan fingerprint density at radius 3 is 2.37 bits per heavy atom. The summed E-state index contributed by atoms with van der Waals surface area (Å²) < 4.78 is 39.5. The van der Waals surface area contributed by atoms with Crippen LogP contribution in [-0.4, -0.2) is 33.5 Å². The molecule has 0 aliphatic carbocycles. The van der Waals surface area contributed by atoms with E-state index in [-0.39, 0.29) is 6.04 Å². The standard InChI is InChI=1S/C19H19NO4S3/c1-23-15-11-13-7-8-20(27(21,22)18-6-4-10-26-18)19(17-5-3-9-25-17)14(13)12-16(15)24-2/h3-6,9-12,19H,7-8H2,1-2H3. The largest absolute Gasteiger partial charge is 0.493 e. The van der Waals surface area contributed by atoms with E-state index in [0.717, 1.165) is 16.0 Å². The molecule has 0 N–H and O–H groups in total. The molecule has 0 bridgehead atoms. The summed E-state index contributed by atoms with van der Waals surface area (Å²) in [6, 6.07) is 10.9.